The average Bonchev–Trinajstić information content (AvgIpc) is 3.12. The Morgan fingerprint density at radius 1 is 1.21 bits per heavy atom. The van der Waals surface area contributed by atoms with Crippen LogP contribution in [0.25, 0.3) is 0 Å². The normalized spacial score (nSPS) is 17.7. The van der Waals surface area contributed by atoms with Crippen molar-refractivity contribution in [2.45, 2.75) is 25.0 Å². The van der Waals surface area contributed by atoms with Crippen molar-refractivity contribution in [3.63, 3.8) is 0 Å². The Hall–Kier alpha value is -2.90. The highest BCUT2D eigenvalue weighted by Gasteiger charge is 2.28. The van der Waals surface area contributed by atoms with Crippen molar-refractivity contribution in [2.24, 2.45) is 5.73 Å². The Morgan fingerprint density at radius 3 is 2.55 bits per heavy atom. The number of aliphatic hydroxyl groups excluding tert-OH is 1. The van der Waals surface area contributed by atoms with Crippen LogP contribution in [0.15, 0.2) is 54.6 Å². The number of hydrogen-bond acceptors (Lipinski definition) is 4. The first-order valence-corrected chi connectivity index (χ1v) is 9.79. The quantitative estimate of drug-likeness (QED) is 0.666. The van der Waals surface area contributed by atoms with E-state index in [1.165, 1.54) is 0 Å². The van der Waals surface area contributed by atoms with Crippen molar-refractivity contribution < 1.29 is 14.7 Å². The van der Waals surface area contributed by atoms with Gasteiger partial charge in [0.25, 0.3) is 0 Å². The zero-order valence-corrected chi connectivity index (χ0v) is 16.6. The summed E-state index contributed by atoms with van der Waals surface area (Å²) in [6.07, 6.45) is 0.601. The number of β-amino-alcohol motifs (C(OH)–C–C–N with tert-alkyl or cyclic N) is 1. The Kier molecular flexibility index (Phi) is 6.85. The number of nitrogens with one attached hydrogen (secondary N) is 1. The minimum Gasteiger partial charge on any atom is -0.392 e. The molecule has 7 heteroatoms. The highest BCUT2D eigenvalue weighted by Crippen LogP contribution is 2.25. The van der Waals surface area contributed by atoms with Gasteiger partial charge in [-0.25, -0.2) is 4.79 Å². The molecule has 29 heavy (non-hydrogen) atoms. The minimum absolute atomic E-state index is 0.0580. The third kappa shape index (κ3) is 5.56. The van der Waals surface area contributed by atoms with Crippen LogP contribution in [0.5, 0.6) is 0 Å². The number of benzene rings is 2. The van der Waals surface area contributed by atoms with E-state index >= 15 is 0 Å². The molecule has 154 valence electrons. The molecule has 0 spiro atoms. The molecule has 1 unspecified atom stereocenters. The molecule has 1 saturated heterocycles. The molecule has 1 fully saturated rings. The molecule has 2 aromatic carbocycles. The molecule has 1 heterocycles. The monoisotopic (exact) mass is 396 g/mol. The molecule has 0 saturated carbocycles. The predicted molar refractivity (Wildman–Crippen MR) is 112 cm³/mol. The lowest BCUT2D eigenvalue weighted by Gasteiger charge is -2.32. The molecule has 1 aliphatic heterocycles. The second-order valence-electron chi connectivity index (χ2n) is 7.46. The summed E-state index contributed by atoms with van der Waals surface area (Å²) in [5.41, 5.74) is 7.55. The number of hydrogen-bond donors (Lipinski definition) is 3. The summed E-state index contributed by atoms with van der Waals surface area (Å²) in [7, 11) is 1.80. The van der Waals surface area contributed by atoms with Gasteiger partial charge in [0.2, 0.25) is 5.91 Å². The number of anilines is 1. The number of likely N-dealkylation sites (tertiary alicyclic amines) is 1. The summed E-state index contributed by atoms with van der Waals surface area (Å²) in [6.45, 7) is 2.10. The Bertz CT molecular complexity index is 843. The summed E-state index contributed by atoms with van der Waals surface area (Å²) in [5, 5.41) is 12.4. The van der Waals surface area contributed by atoms with E-state index in [1.54, 1.807) is 24.1 Å². The SMILES string of the molecule is CN(C(=O)Cc1ccccc1NC(N)=O)C(CN1CC[C@H](O)C1)c1ccccc1. The Labute approximate surface area is 171 Å². The molecule has 0 bridgehead atoms. The maximum absolute atomic E-state index is 13.1. The van der Waals surface area contributed by atoms with E-state index in [2.05, 4.69) is 10.2 Å². The van der Waals surface area contributed by atoms with Crippen LogP contribution in [-0.4, -0.2) is 59.6 Å². The number of urea groups is 1. The molecule has 3 amide bonds. The number of nitrogens with two attached hydrogens (primary N) is 1. The van der Waals surface area contributed by atoms with E-state index in [1.807, 2.05) is 42.5 Å². The number of para-hydroxylation sites is 1. The predicted octanol–water partition coefficient (Wildman–Crippen LogP) is 1.99. The summed E-state index contributed by atoms with van der Waals surface area (Å²) in [4.78, 5) is 28.3. The van der Waals surface area contributed by atoms with Crippen LogP contribution in [0.1, 0.15) is 23.6 Å². The van der Waals surface area contributed by atoms with Gasteiger partial charge in [0.1, 0.15) is 0 Å². The standard InChI is InChI=1S/C22H28N4O3/c1-25(21(28)13-17-9-5-6-10-19(17)24-22(23)29)20(16-7-3-2-4-8-16)15-26-12-11-18(27)14-26/h2-10,18,20,27H,11-15H2,1H3,(H3,23,24,29)/t18-,20?/m0/s1. The van der Waals surface area contributed by atoms with Gasteiger partial charge in [0.15, 0.2) is 0 Å². The van der Waals surface area contributed by atoms with E-state index < -0.39 is 6.03 Å². The summed E-state index contributed by atoms with van der Waals surface area (Å²) in [6, 6.07) is 16.3. The lowest BCUT2D eigenvalue weighted by molar-refractivity contribution is -0.131. The minimum atomic E-state index is -0.659. The molecule has 0 aliphatic carbocycles. The van der Waals surface area contributed by atoms with E-state index in [9.17, 15) is 14.7 Å². The number of likely N-dealkylation sites (N-methyl/N-ethyl adjacent to an activating group) is 1. The molecule has 7 nitrogen and oxygen atoms in total. The largest absolute Gasteiger partial charge is 0.392 e. The summed E-state index contributed by atoms with van der Waals surface area (Å²) >= 11 is 0. The van der Waals surface area contributed by atoms with E-state index in [0.29, 0.717) is 24.3 Å². The average molecular weight is 396 g/mol. The van der Waals surface area contributed by atoms with Gasteiger partial charge in [-0.3, -0.25) is 9.69 Å². The highest BCUT2D eigenvalue weighted by atomic mass is 16.3. The maximum atomic E-state index is 13.1. The molecule has 2 atom stereocenters. The maximum Gasteiger partial charge on any atom is 0.316 e. The number of nitrogens with zero attached hydrogens (tertiary/aromatic N) is 2. The third-order valence-electron chi connectivity index (χ3n) is 5.34. The van der Waals surface area contributed by atoms with Gasteiger partial charge in [0, 0.05) is 32.4 Å². The number of carbonyl (C=O) groups excluding carboxylic acids is 2. The molecule has 3 rings (SSSR count). The van der Waals surface area contributed by atoms with Gasteiger partial charge >= 0.3 is 6.03 Å². The zero-order chi connectivity index (χ0) is 20.8. The van der Waals surface area contributed by atoms with Crippen molar-refractivity contribution in [3.05, 3.63) is 65.7 Å². The van der Waals surface area contributed by atoms with Gasteiger partial charge in [-0.15, -0.1) is 0 Å². The van der Waals surface area contributed by atoms with Gasteiger partial charge in [0.05, 0.1) is 18.6 Å². The van der Waals surface area contributed by atoms with Crippen LogP contribution in [0.4, 0.5) is 10.5 Å². The van der Waals surface area contributed by atoms with E-state index in [-0.39, 0.29) is 24.5 Å². The lowest BCUT2D eigenvalue weighted by Crippen LogP contribution is -2.39. The van der Waals surface area contributed by atoms with Gasteiger partial charge in [-0.2, -0.15) is 0 Å². The summed E-state index contributed by atoms with van der Waals surface area (Å²) < 4.78 is 0. The molecular formula is C22H28N4O3. The fourth-order valence-electron chi connectivity index (χ4n) is 3.74. The fraction of sp³-hybridized carbons (Fsp3) is 0.364. The van der Waals surface area contributed by atoms with E-state index in [4.69, 9.17) is 5.73 Å². The second kappa shape index (κ2) is 9.54. The van der Waals surface area contributed by atoms with Crippen LogP contribution >= 0.6 is 0 Å². The molecule has 1 aliphatic rings. The van der Waals surface area contributed by atoms with Gasteiger partial charge < -0.3 is 21.1 Å². The van der Waals surface area contributed by atoms with Crippen LogP contribution in [0, 0.1) is 0 Å². The van der Waals surface area contributed by atoms with Crippen molar-refractivity contribution in [1.29, 1.82) is 0 Å². The second-order valence-corrected chi connectivity index (χ2v) is 7.46. The third-order valence-corrected chi connectivity index (χ3v) is 5.34. The first-order valence-electron chi connectivity index (χ1n) is 9.79. The molecular weight excluding hydrogens is 368 g/mol. The van der Waals surface area contributed by atoms with Gasteiger partial charge in [-0.05, 0) is 23.6 Å². The molecule has 2 aromatic rings. The summed E-state index contributed by atoms with van der Waals surface area (Å²) in [5.74, 6) is -0.0580. The van der Waals surface area contributed by atoms with Crippen LogP contribution in [-0.2, 0) is 11.2 Å². The first-order chi connectivity index (χ1) is 13.9. The zero-order valence-electron chi connectivity index (χ0n) is 16.6. The van der Waals surface area contributed by atoms with E-state index in [0.717, 1.165) is 18.5 Å². The van der Waals surface area contributed by atoms with Crippen molar-refractivity contribution in [2.75, 3.05) is 32.0 Å². The molecule has 0 aromatic heterocycles. The Morgan fingerprint density at radius 2 is 1.90 bits per heavy atom. The topological polar surface area (TPSA) is 98.9 Å². The molecule has 4 N–H and O–H groups in total. The smallest absolute Gasteiger partial charge is 0.316 e. The number of rotatable bonds is 7. The molecule has 0 radical (unpaired) electrons. The Balaban J connectivity index is 1.77. The van der Waals surface area contributed by atoms with Gasteiger partial charge in [-0.1, -0.05) is 48.5 Å². The number of aliphatic hydroxyl groups is 1. The van der Waals surface area contributed by atoms with Crippen molar-refractivity contribution >= 4 is 17.6 Å². The fourth-order valence-corrected chi connectivity index (χ4v) is 3.74. The highest BCUT2D eigenvalue weighted by molar-refractivity contribution is 5.90. The number of carbonyl (C=O) groups is 2. The van der Waals surface area contributed by atoms with Crippen LogP contribution < -0.4 is 11.1 Å². The van der Waals surface area contributed by atoms with Crippen molar-refractivity contribution in [1.82, 2.24) is 9.80 Å². The van der Waals surface area contributed by atoms with Crippen LogP contribution in [0.3, 0.4) is 0 Å². The first kappa shape index (κ1) is 20.8. The van der Waals surface area contributed by atoms with Crippen molar-refractivity contribution in [3.8, 4) is 0 Å². The number of amides is 3. The van der Waals surface area contributed by atoms with Crippen LogP contribution in [0.2, 0.25) is 0 Å². The number of primary amides is 1. The lowest BCUT2D eigenvalue weighted by atomic mass is 10.0.